The van der Waals surface area contributed by atoms with Gasteiger partial charge in [0.15, 0.2) is 0 Å². The topological polar surface area (TPSA) is 222 Å². The Bertz CT molecular complexity index is 3040. The Morgan fingerprint density at radius 1 is 0.595 bits per heavy atom. The summed E-state index contributed by atoms with van der Waals surface area (Å²) in [6.07, 6.45) is 4.59. The van der Waals surface area contributed by atoms with Crippen LogP contribution in [0.2, 0.25) is 0 Å². The third-order valence-corrected chi connectivity index (χ3v) is 14.6. The average molecular weight is 1080 g/mol. The van der Waals surface area contributed by atoms with Crippen molar-refractivity contribution >= 4 is 67.7 Å². The first-order valence-electron chi connectivity index (χ1n) is 22.4. The summed E-state index contributed by atoms with van der Waals surface area (Å²) in [4.78, 5) is 53.2. The van der Waals surface area contributed by atoms with E-state index in [1.54, 1.807) is 18.3 Å². The fourth-order valence-corrected chi connectivity index (χ4v) is 9.48. The van der Waals surface area contributed by atoms with E-state index < -0.39 is 10.1 Å². The number of benzene rings is 5. The van der Waals surface area contributed by atoms with Gasteiger partial charge in [-0.1, -0.05) is 146 Å². The third-order valence-electron chi connectivity index (χ3n) is 10.3. The van der Waals surface area contributed by atoms with Crippen molar-refractivity contribution in [3.8, 4) is 0 Å². The smallest absolute Gasteiger partial charge is 0.349 e. The van der Waals surface area contributed by atoms with Crippen LogP contribution in [0.3, 0.4) is 0 Å². The average Bonchev–Trinajstić information content (AvgIpc) is 4.24. The van der Waals surface area contributed by atoms with E-state index in [9.17, 15) is 22.8 Å². The highest BCUT2D eigenvalue weighted by Crippen LogP contribution is 2.30. The van der Waals surface area contributed by atoms with Gasteiger partial charge in [-0.25, -0.2) is 29.3 Å². The second-order valence-electron chi connectivity index (χ2n) is 15.8. The molecule has 15 nitrogen and oxygen atoms in total. The highest BCUT2D eigenvalue weighted by Gasteiger charge is 2.21. The molecule has 2 atom stereocenters. The summed E-state index contributed by atoms with van der Waals surface area (Å²) >= 11 is 3.91. The molecule has 0 fully saturated rings. The third kappa shape index (κ3) is 17.8. The summed E-state index contributed by atoms with van der Waals surface area (Å²) in [7, 11) is 0.0651. The molecule has 3 aromatic heterocycles. The van der Waals surface area contributed by atoms with Crippen LogP contribution in [-0.2, 0) is 24.3 Å². The van der Waals surface area contributed by atoms with E-state index in [-0.39, 0.29) is 54.4 Å². The number of thiazole rings is 3. The van der Waals surface area contributed by atoms with E-state index in [0.29, 0.717) is 14.6 Å². The van der Waals surface area contributed by atoms with Crippen molar-refractivity contribution in [1.29, 1.82) is 0 Å². The zero-order valence-corrected chi connectivity index (χ0v) is 44.4. The van der Waals surface area contributed by atoms with Crippen molar-refractivity contribution in [1.82, 2.24) is 20.3 Å². The maximum absolute atomic E-state index is 11.6. The number of ether oxygens (including phenoxy) is 3. The highest BCUT2D eigenvalue weighted by molar-refractivity contribution is 7.85. The second-order valence-corrected chi connectivity index (χ2v) is 20.4. The molecular formula is C55H60N6O9S4. The molecule has 0 aliphatic carbocycles. The molecule has 0 amide bonds. The highest BCUT2D eigenvalue weighted by atomic mass is 32.2. The van der Waals surface area contributed by atoms with Gasteiger partial charge >= 0.3 is 17.9 Å². The lowest BCUT2D eigenvalue weighted by Crippen LogP contribution is -2.25. The van der Waals surface area contributed by atoms with Crippen LogP contribution in [0.25, 0.3) is 0 Å². The molecule has 0 spiro atoms. The van der Waals surface area contributed by atoms with Crippen LogP contribution in [0.5, 0.6) is 0 Å². The molecule has 5 aromatic carbocycles. The Balaban J connectivity index is 0.000000226. The normalized spacial score (nSPS) is 11.7. The number of aromatic nitrogens is 3. The fourth-order valence-electron chi connectivity index (χ4n) is 6.58. The first kappa shape index (κ1) is 59.5. The number of hydrogen-bond donors (Lipinski definition) is 3. The number of nitrogens with one attached hydrogen (secondary N) is 1. The number of nitrogens with zero attached hydrogens (tertiary/aromatic N) is 4. The number of nitrogens with two attached hydrogens (primary N) is 1. The summed E-state index contributed by atoms with van der Waals surface area (Å²) in [5.41, 5.74) is 11.9. The number of esters is 3. The van der Waals surface area contributed by atoms with Crippen molar-refractivity contribution in [3.63, 3.8) is 0 Å². The standard InChI is InChI=1S/C20H20N2O2S.C20H18N2O2S.C7H10N2O2S.C7H8O3S.CH4/c2*1-14(19-21-13-17(25-19)20(23)24-2)22-18(15-9-5-3-6-10-15)16-11-7-4-8-12-16;1-4(8)6-9-3-5(12-6)7(10)11-2;1-6-2-4-7(5-3-6)11(8,9)10;/h3-14,18,22H,1-2H3;3-13,18H,1-2H3;3-4H,8H2,1-2H3;2-5H,1H3,(H,8,9,10);1H4/t14-;;4-;;/m1.1../s1. The number of carbonyl (C=O) groups is 3. The quantitative estimate of drug-likeness (QED) is 0.0399. The number of aliphatic imine (C=N–C) groups is 1. The molecule has 8 aromatic rings. The summed E-state index contributed by atoms with van der Waals surface area (Å²) in [6, 6.07) is 46.7. The lowest BCUT2D eigenvalue weighted by Gasteiger charge is -2.23. The van der Waals surface area contributed by atoms with Crippen molar-refractivity contribution in [2.45, 2.75) is 64.2 Å². The molecule has 0 aliphatic heterocycles. The molecule has 3 heterocycles. The maximum atomic E-state index is 11.6. The minimum absolute atomic E-state index is 0. The summed E-state index contributed by atoms with van der Waals surface area (Å²) in [5.74, 6) is -1.09. The van der Waals surface area contributed by atoms with Crippen molar-refractivity contribution < 1.29 is 41.6 Å². The Kier molecular flexibility index (Phi) is 23.8. The van der Waals surface area contributed by atoms with Crippen molar-refractivity contribution in [3.05, 3.63) is 222 Å². The maximum Gasteiger partial charge on any atom is 0.349 e. The van der Waals surface area contributed by atoms with E-state index in [1.165, 1.54) is 91.0 Å². The van der Waals surface area contributed by atoms with Crippen LogP contribution in [0.4, 0.5) is 0 Å². The molecule has 388 valence electrons. The van der Waals surface area contributed by atoms with Crippen LogP contribution in [0.15, 0.2) is 174 Å². The van der Waals surface area contributed by atoms with Gasteiger partial charge in [0.1, 0.15) is 35.7 Å². The molecule has 0 aliphatic rings. The van der Waals surface area contributed by atoms with Gasteiger partial charge in [0.25, 0.3) is 10.1 Å². The van der Waals surface area contributed by atoms with Crippen molar-refractivity contribution in [2.24, 2.45) is 10.7 Å². The minimum atomic E-state index is -4.02. The number of methoxy groups -OCH3 is 3. The van der Waals surface area contributed by atoms with Gasteiger partial charge in [-0.15, -0.1) is 34.0 Å². The molecule has 0 saturated heterocycles. The molecule has 19 heteroatoms. The van der Waals surface area contributed by atoms with Crippen LogP contribution < -0.4 is 11.1 Å². The van der Waals surface area contributed by atoms with E-state index in [1.807, 2.05) is 93.6 Å². The predicted molar refractivity (Wildman–Crippen MR) is 294 cm³/mol. The molecule has 0 bridgehead atoms. The monoisotopic (exact) mass is 1080 g/mol. The number of hydrogen-bond acceptors (Lipinski definition) is 17. The zero-order valence-electron chi connectivity index (χ0n) is 41.1. The lowest BCUT2D eigenvalue weighted by molar-refractivity contribution is 0.0597. The van der Waals surface area contributed by atoms with Gasteiger partial charge in [-0.3, -0.25) is 14.9 Å². The second kappa shape index (κ2) is 29.6. The fraction of sp³-hybridized carbons (Fsp3) is 0.218. The molecule has 0 saturated carbocycles. The largest absolute Gasteiger partial charge is 0.465 e. The molecule has 4 N–H and O–H groups in total. The number of carbonyl (C=O) groups excluding carboxylic acids is 3. The minimum Gasteiger partial charge on any atom is -0.465 e. The molecule has 74 heavy (non-hydrogen) atoms. The van der Waals surface area contributed by atoms with Gasteiger partial charge < -0.3 is 19.9 Å². The Labute approximate surface area is 445 Å². The number of aryl methyl sites for hydroxylation is 1. The molecule has 8 rings (SSSR count). The Hall–Kier alpha value is -7.10. The van der Waals surface area contributed by atoms with Gasteiger partial charge in [-0.2, -0.15) is 8.42 Å². The van der Waals surface area contributed by atoms with Gasteiger partial charge in [0, 0.05) is 0 Å². The lowest BCUT2D eigenvalue weighted by atomic mass is 9.98. The molecule has 0 radical (unpaired) electrons. The summed E-state index contributed by atoms with van der Waals surface area (Å²) in [5, 5.41) is 5.96. The van der Waals surface area contributed by atoms with E-state index >= 15 is 0 Å². The van der Waals surface area contributed by atoms with Crippen LogP contribution in [0, 0.1) is 6.92 Å². The van der Waals surface area contributed by atoms with Gasteiger partial charge in [0.2, 0.25) is 0 Å². The predicted octanol–water partition coefficient (Wildman–Crippen LogP) is 11.7. The Morgan fingerprint density at radius 2 is 0.973 bits per heavy atom. The molecular weight excluding hydrogens is 1020 g/mol. The summed E-state index contributed by atoms with van der Waals surface area (Å²) < 4.78 is 43.6. The first-order chi connectivity index (χ1) is 35.0. The van der Waals surface area contributed by atoms with Crippen LogP contribution in [-0.4, -0.2) is 72.9 Å². The SMILES string of the molecule is C.COC(=O)c1cnc(C(C)=NC(c2ccccc2)c2ccccc2)s1.COC(=O)c1cnc([C@@H](C)N)s1.COC(=O)c1cnc([C@@H](C)NC(c2ccccc2)c2ccccc2)s1.Cc1ccc(S(=O)(=O)O)cc1. The van der Waals surface area contributed by atoms with Gasteiger partial charge in [-0.05, 0) is 62.1 Å². The zero-order chi connectivity index (χ0) is 52.9. The molecule has 0 unspecified atom stereocenters. The van der Waals surface area contributed by atoms with Crippen LogP contribution >= 0.6 is 34.0 Å². The summed E-state index contributed by atoms with van der Waals surface area (Å²) in [6.45, 7) is 7.63. The first-order valence-corrected chi connectivity index (χ1v) is 26.3. The van der Waals surface area contributed by atoms with E-state index in [2.05, 4.69) is 80.5 Å². The van der Waals surface area contributed by atoms with Crippen LogP contribution in [0.1, 0.15) is 124 Å². The van der Waals surface area contributed by atoms with E-state index in [4.69, 9.17) is 24.8 Å². The Morgan fingerprint density at radius 3 is 1.36 bits per heavy atom. The van der Waals surface area contributed by atoms with E-state index in [0.717, 1.165) is 37.4 Å². The van der Waals surface area contributed by atoms with Crippen molar-refractivity contribution in [2.75, 3.05) is 21.3 Å². The van der Waals surface area contributed by atoms with Gasteiger partial charge in [0.05, 0.1) is 68.7 Å². The number of rotatable bonds is 14.